The second kappa shape index (κ2) is 7.74. The minimum Gasteiger partial charge on any atom is -0.480 e. The Morgan fingerprint density at radius 3 is 2.64 bits per heavy atom. The van der Waals surface area contributed by atoms with Crippen molar-refractivity contribution in [2.45, 2.75) is 38.6 Å². The largest absolute Gasteiger partial charge is 0.480 e. The molecular formula is C16H24N2O3S. The summed E-state index contributed by atoms with van der Waals surface area (Å²) in [5, 5.41) is 13.0. The molecule has 6 heteroatoms. The molecule has 2 heterocycles. The van der Waals surface area contributed by atoms with Crippen LogP contribution in [0.4, 0.5) is 0 Å². The summed E-state index contributed by atoms with van der Waals surface area (Å²) >= 11 is 1.61. The van der Waals surface area contributed by atoms with Crippen LogP contribution in [-0.4, -0.2) is 59.0 Å². The summed E-state index contributed by atoms with van der Waals surface area (Å²) in [4.78, 5) is 27.4. The highest BCUT2D eigenvalue weighted by Gasteiger charge is 2.29. The highest BCUT2D eigenvalue weighted by atomic mass is 32.1. The molecule has 0 aliphatic carbocycles. The van der Waals surface area contributed by atoms with Gasteiger partial charge in [0.05, 0.1) is 12.5 Å². The molecule has 1 N–H and O–H groups in total. The molecular weight excluding hydrogens is 300 g/mol. The van der Waals surface area contributed by atoms with Crippen LogP contribution in [0.2, 0.25) is 0 Å². The molecule has 1 aromatic heterocycles. The lowest BCUT2D eigenvalue weighted by Gasteiger charge is -2.38. The lowest BCUT2D eigenvalue weighted by Crippen LogP contribution is -2.48. The van der Waals surface area contributed by atoms with Crippen LogP contribution in [0.15, 0.2) is 16.8 Å². The molecule has 1 aromatic rings. The van der Waals surface area contributed by atoms with E-state index < -0.39 is 5.97 Å². The Bertz CT molecular complexity index is 495. The predicted molar refractivity (Wildman–Crippen MR) is 87.2 cm³/mol. The Labute approximate surface area is 135 Å². The summed E-state index contributed by atoms with van der Waals surface area (Å²) < 4.78 is 0. The van der Waals surface area contributed by atoms with Crippen LogP contribution in [0, 0.1) is 0 Å². The van der Waals surface area contributed by atoms with Crippen LogP contribution in [0.5, 0.6) is 0 Å². The number of aliphatic carboxylic acids is 1. The van der Waals surface area contributed by atoms with Gasteiger partial charge in [-0.05, 0) is 48.7 Å². The fourth-order valence-corrected chi connectivity index (χ4v) is 3.82. The van der Waals surface area contributed by atoms with Gasteiger partial charge in [0.1, 0.15) is 0 Å². The van der Waals surface area contributed by atoms with Gasteiger partial charge in [-0.2, -0.15) is 11.3 Å². The number of hydrogen-bond acceptors (Lipinski definition) is 4. The molecule has 2 rings (SSSR count). The Balaban J connectivity index is 1.88. The van der Waals surface area contributed by atoms with Crippen molar-refractivity contribution < 1.29 is 14.7 Å². The maximum absolute atomic E-state index is 12.5. The highest BCUT2D eigenvalue weighted by molar-refractivity contribution is 7.08. The summed E-state index contributed by atoms with van der Waals surface area (Å²) in [7, 11) is 0. The smallest absolute Gasteiger partial charge is 0.317 e. The van der Waals surface area contributed by atoms with Crippen LogP contribution in [0.3, 0.4) is 0 Å². The van der Waals surface area contributed by atoms with Gasteiger partial charge in [0.15, 0.2) is 0 Å². The lowest BCUT2D eigenvalue weighted by molar-refractivity contribution is -0.140. The van der Waals surface area contributed by atoms with Crippen molar-refractivity contribution >= 4 is 23.2 Å². The normalized spacial score (nSPS) is 17.7. The van der Waals surface area contributed by atoms with Crippen molar-refractivity contribution in [3.05, 3.63) is 22.4 Å². The summed E-state index contributed by atoms with van der Waals surface area (Å²) in [6.45, 7) is 6.19. The Morgan fingerprint density at radius 1 is 1.45 bits per heavy atom. The monoisotopic (exact) mass is 324 g/mol. The van der Waals surface area contributed by atoms with Crippen molar-refractivity contribution in [2.24, 2.45) is 0 Å². The summed E-state index contributed by atoms with van der Waals surface area (Å²) in [5.74, 6) is -0.700. The molecule has 0 bridgehead atoms. The SMILES string of the molecule is CCN(CC(=O)O)C1CCN(C(=O)C(C)c2ccsc2)CC1. The van der Waals surface area contributed by atoms with Crippen LogP contribution in [0.25, 0.3) is 0 Å². The number of amides is 1. The number of nitrogens with zero attached hydrogens (tertiary/aromatic N) is 2. The Hall–Kier alpha value is -1.40. The summed E-state index contributed by atoms with van der Waals surface area (Å²) in [6, 6.07) is 2.27. The van der Waals surface area contributed by atoms with Crippen LogP contribution in [-0.2, 0) is 9.59 Å². The zero-order chi connectivity index (χ0) is 16.1. The van der Waals surface area contributed by atoms with Gasteiger partial charge in [0.25, 0.3) is 0 Å². The number of likely N-dealkylation sites (tertiary alicyclic amines) is 1. The molecule has 1 unspecified atom stereocenters. The van der Waals surface area contributed by atoms with Crippen molar-refractivity contribution in [2.75, 3.05) is 26.2 Å². The molecule has 0 aromatic carbocycles. The third-order valence-corrected chi connectivity index (χ3v) is 5.15. The standard InChI is InChI=1S/C16H24N2O3S/c1-3-17(10-15(19)20)14-4-7-18(8-5-14)16(21)12(2)13-6-9-22-11-13/h6,9,11-12,14H,3-5,7-8,10H2,1-2H3,(H,19,20). The molecule has 122 valence electrons. The number of rotatable bonds is 6. The van der Waals surface area contributed by atoms with E-state index in [1.807, 2.05) is 40.5 Å². The van der Waals surface area contributed by atoms with Gasteiger partial charge in [0, 0.05) is 19.1 Å². The molecule has 1 fully saturated rings. The van der Waals surface area contributed by atoms with Crippen LogP contribution < -0.4 is 0 Å². The van der Waals surface area contributed by atoms with Gasteiger partial charge in [0.2, 0.25) is 5.91 Å². The van der Waals surface area contributed by atoms with E-state index in [1.54, 1.807) is 11.3 Å². The topological polar surface area (TPSA) is 60.9 Å². The van der Waals surface area contributed by atoms with Gasteiger partial charge in [-0.1, -0.05) is 6.92 Å². The second-order valence-electron chi connectivity index (χ2n) is 5.79. The van der Waals surface area contributed by atoms with Crippen molar-refractivity contribution in [1.29, 1.82) is 0 Å². The number of piperidine rings is 1. The quantitative estimate of drug-likeness (QED) is 0.872. The summed E-state index contributed by atoms with van der Waals surface area (Å²) in [5.41, 5.74) is 1.08. The van der Waals surface area contributed by atoms with E-state index in [9.17, 15) is 9.59 Å². The van der Waals surface area contributed by atoms with Crippen LogP contribution in [0.1, 0.15) is 38.2 Å². The minimum atomic E-state index is -0.786. The van der Waals surface area contributed by atoms with Gasteiger partial charge < -0.3 is 10.0 Å². The van der Waals surface area contributed by atoms with Crippen molar-refractivity contribution in [1.82, 2.24) is 9.80 Å². The van der Waals surface area contributed by atoms with Gasteiger partial charge in [-0.3, -0.25) is 14.5 Å². The lowest BCUT2D eigenvalue weighted by atomic mass is 9.98. The predicted octanol–water partition coefficient (Wildman–Crippen LogP) is 2.25. The van der Waals surface area contributed by atoms with E-state index in [0.29, 0.717) is 13.1 Å². The molecule has 0 saturated carbocycles. The number of hydrogen-bond donors (Lipinski definition) is 1. The Morgan fingerprint density at radius 2 is 2.14 bits per heavy atom. The fraction of sp³-hybridized carbons (Fsp3) is 0.625. The molecule has 5 nitrogen and oxygen atoms in total. The molecule has 1 saturated heterocycles. The first-order valence-electron chi connectivity index (χ1n) is 7.79. The third kappa shape index (κ3) is 4.08. The number of carboxylic acids is 1. The first-order chi connectivity index (χ1) is 10.5. The van der Waals surface area contributed by atoms with Crippen LogP contribution >= 0.6 is 11.3 Å². The molecule has 0 spiro atoms. The maximum Gasteiger partial charge on any atom is 0.317 e. The molecule has 0 radical (unpaired) electrons. The van der Waals surface area contributed by atoms with Gasteiger partial charge >= 0.3 is 5.97 Å². The van der Waals surface area contributed by atoms with Crippen molar-refractivity contribution in [3.63, 3.8) is 0 Å². The summed E-state index contributed by atoms with van der Waals surface area (Å²) in [6.07, 6.45) is 1.70. The molecule has 1 aliphatic heterocycles. The number of likely N-dealkylation sites (N-methyl/N-ethyl adjacent to an activating group) is 1. The van der Waals surface area contributed by atoms with Gasteiger partial charge in [-0.25, -0.2) is 0 Å². The number of carbonyl (C=O) groups is 2. The highest BCUT2D eigenvalue weighted by Crippen LogP contribution is 2.24. The van der Waals surface area contributed by atoms with E-state index >= 15 is 0 Å². The fourth-order valence-electron chi connectivity index (χ4n) is 3.06. The Kier molecular flexibility index (Phi) is 5.97. The molecule has 1 amide bonds. The van der Waals surface area contributed by atoms with Gasteiger partial charge in [-0.15, -0.1) is 0 Å². The van der Waals surface area contributed by atoms with E-state index in [4.69, 9.17) is 5.11 Å². The second-order valence-corrected chi connectivity index (χ2v) is 6.57. The van der Waals surface area contributed by atoms with E-state index in [2.05, 4.69) is 0 Å². The first-order valence-corrected chi connectivity index (χ1v) is 8.74. The minimum absolute atomic E-state index is 0.0837. The third-order valence-electron chi connectivity index (χ3n) is 4.45. The molecule has 1 atom stereocenters. The number of thiophene rings is 1. The average Bonchev–Trinajstić information content (AvgIpc) is 3.05. The van der Waals surface area contributed by atoms with E-state index in [-0.39, 0.29) is 24.4 Å². The molecule has 1 aliphatic rings. The average molecular weight is 324 g/mol. The number of carbonyl (C=O) groups excluding carboxylic acids is 1. The van der Waals surface area contributed by atoms with E-state index in [0.717, 1.165) is 24.9 Å². The molecule has 22 heavy (non-hydrogen) atoms. The number of carboxylic acid groups (broad SMARTS) is 1. The van der Waals surface area contributed by atoms with Crippen molar-refractivity contribution in [3.8, 4) is 0 Å². The maximum atomic E-state index is 12.5. The zero-order valence-electron chi connectivity index (χ0n) is 13.2. The zero-order valence-corrected chi connectivity index (χ0v) is 14.0. The van der Waals surface area contributed by atoms with E-state index in [1.165, 1.54) is 0 Å². The first kappa shape index (κ1) is 17.0.